The van der Waals surface area contributed by atoms with Gasteiger partial charge in [0.1, 0.15) is 4.99 Å². The van der Waals surface area contributed by atoms with Crippen molar-refractivity contribution in [2.24, 2.45) is 0 Å². The summed E-state index contributed by atoms with van der Waals surface area (Å²) in [5.41, 5.74) is 1.16. The van der Waals surface area contributed by atoms with Gasteiger partial charge in [-0.1, -0.05) is 42.0 Å². The maximum atomic E-state index is 11.1. The van der Waals surface area contributed by atoms with Crippen LogP contribution in [0.4, 0.5) is 0 Å². The normalized spacial score (nSPS) is 26.1. The number of nitrogens with zero attached hydrogens (tertiary/aromatic N) is 1. The summed E-state index contributed by atoms with van der Waals surface area (Å²) in [6, 6.07) is 12.9. The number of rotatable bonds is 2. The van der Waals surface area contributed by atoms with Gasteiger partial charge in [-0.25, -0.2) is 0 Å². The van der Waals surface area contributed by atoms with Crippen LogP contribution in [-0.2, 0) is 0 Å². The summed E-state index contributed by atoms with van der Waals surface area (Å²) >= 11 is 11.4. The van der Waals surface area contributed by atoms with Crippen molar-refractivity contribution in [3.63, 3.8) is 0 Å². The van der Waals surface area contributed by atoms with E-state index >= 15 is 0 Å². The van der Waals surface area contributed by atoms with Crippen LogP contribution >= 0.6 is 23.8 Å². The van der Waals surface area contributed by atoms with Crippen molar-refractivity contribution in [1.29, 1.82) is 5.41 Å². The Balaban J connectivity index is 2.25. The average molecular weight is 373 g/mol. The third kappa shape index (κ3) is 3.24. The van der Waals surface area contributed by atoms with E-state index in [-0.39, 0.29) is 5.92 Å². The Kier molecular flexibility index (Phi) is 4.76. The molecule has 0 amide bonds. The lowest BCUT2D eigenvalue weighted by Gasteiger charge is -2.41. The van der Waals surface area contributed by atoms with Crippen LogP contribution in [0.3, 0.4) is 0 Å². The van der Waals surface area contributed by atoms with Crippen molar-refractivity contribution in [3.8, 4) is 0 Å². The van der Waals surface area contributed by atoms with Gasteiger partial charge in [-0.2, -0.15) is 4.57 Å². The first-order valence-corrected chi connectivity index (χ1v) is 8.70. The van der Waals surface area contributed by atoms with Crippen LogP contribution in [0.1, 0.15) is 30.1 Å². The first-order chi connectivity index (χ1) is 11.8. The SMILES string of the molecule is Cc1cccc[n+]1[C@@H]1[C@@H](c2ccc(Cl)cc2)C(=C=N)C(=S)N[C@]1(C)O. The fourth-order valence-corrected chi connectivity index (χ4v) is 3.94. The van der Waals surface area contributed by atoms with Gasteiger partial charge in [0.2, 0.25) is 6.04 Å². The van der Waals surface area contributed by atoms with Gasteiger partial charge in [-0.3, -0.25) is 5.41 Å². The second-order valence-corrected chi connectivity index (χ2v) is 7.21. The van der Waals surface area contributed by atoms with E-state index in [2.05, 4.69) is 11.2 Å². The minimum atomic E-state index is -1.29. The second kappa shape index (κ2) is 6.70. The van der Waals surface area contributed by atoms with E-state index in [0.717, 1.165) is 11.3 Å². The third-order valence-electron chi connectivity index (χ3n) is 4.58. The maximum absolute atomic E-state index is 11.1. The molecule has 25 heavy (non-hydrogen) atoms. The molecule has 0 aliphatic carbocycles. The zero-order valence-corrected chi connectivity index (χ0v) is 15.5. The van der Waals surface area contributed by atoms with Gasteiger partial charge in [0, 0.05) is 24.1 Å². The van der Waals surface area contributed by atoms with E-state index in [0.29, 0.717) is 15.6 Å². The van der Waals surface area contributed by atoms with Crippen molar-refractivity contribution in [2.45, 2.75) is 31.5 Å². The molecule has 3 N–H and O–H groups in total. The summed E-state index contributed by atoms with van der Waals surface area (Å²) in [5, 5.41) is 22.5. The van der Waals surface area contributed by atoms with Gasteiger partial charge in [0.25, 0.3) is 0 Å². The largest absolute Gasteiger partial charge is 0.366 e. The van der Waals surface area contributed by atoms with Gasteiger partial charge < -0.3 is 10.4 Å². The van der Waals surface area contributed by atoms with Crippen molar-refractivity contribution in [2.75, 3.05) is 0 Å². The molecule has 3 atom stereocenters. The molecule has 2 aromatic rings. The van der Waals surface area contributed by atoms with Crippen LogP contribution in [0.25, 0.3) is 0 Å². The number of piperidine rings is 1. The highest BCUT2D eigenvalue weighted by atomic mass is 35.5. The number of benzene rings is 1. The Morgan fingerprint density at radius 3 is 2.56 bits per heavy atom. The topological polar surface area (TPSA) is 60.0 Å². The van der Waals surface area contributed by atoms with Gasteiger partial charge in [-0.15, -0.1) is 0 Å². The molecule has 0 bridgehead atoms. The Hall–Kier alpha value is -2.04. The number of pyridine rings is 1. The van der Waals surface area contributed by atoms with Crippen molar-refractivity contribution >= 4 is 34.7 Å². The van der Waals surface area contributed by atoms with Crippen LogP contribution in [-0.4, -0.2) is 21.7 Å². The van der Waals surface area contributed by atoms with Gasteiger partial charge in [0.05, 0.1) is 11.5 Å². The Bertz CT molecular complexity index is 872. The Morgan fingerprint density at radius 2 is 1.96 bits per heavy atom. The number of halogens is 1. The van der Waals surface area contributed by atoms with E-state index in [4.69, 9.17) is 29.2 Å². The first-order valence-electron chi connectivity index (χ1n) is 7.92. The molecule has 6 heteroatoms. The highest BCUT2D eigenvalue weighted by Crippen LogP contribution is 2.41. The lowest BCUT2D eigenvalue weighted by atomic mass is 9.77. The molecule has 2 heterocycles. The molecule has 4 nitrogen and oxygen atoms in total. The molecule has 1 aromatic carbocycles. The van der Waals surface area contributed by atoms with E-state index in [1.165, 1.54) is 0 Å². The summed E-state index contributed by atoms with van der Waals surface area (Å²) in [4.78, 5) is 0.338. The first kappa shape index (κ1) is 17.8. The van der Waals surface area contributed by atoms with Crippen molar-refractivity contribution < 1.29 is 9.67 Å². The van der Waals surface area contributed by atoms with Crippen LogP contribution in [0, 0.1) is 12.3 Å². The van der Waals surface area contributed by atoms with Gasteiger partial charge >= 0.3 is 0 Å². The van der Waals surface area contributed by atoms with Crippen molar-refractivity contribution in [1.82, 2.24) is 5.32 Å². The fourth-order valence-electron chi connectivity index (χ4n) is 3.43. The summed E-state index contributed by atoms with van der Waals surface area (Å²) in [6.45, 7) is 3.68. The summed E-state index contributed by atoms with van der Waals surface area (Å²) in [5.74, 6) is 2.15. The molecule has 3 rings (SSSR count). The highest BCUT2D eigenvalue weighted by molar-refractivity contribution is 7.80. The summed E-state index contributed by atoms with van der Waals surface area (Å²) < 4.78 is 2.01. The standard InChI is InChI=1S/C19H18ClN3OS/c1-12-5-3-4-10-23(12)17-16(13-6-8-14(20)9-7-13)15(11-21)18(25)22-19(17,2)24/h3-10,16-17,21,24H,1-2H3/p+1/t16-,17+,19+/m0/s1. The zero-order chi connectivity index (χ0) is 18.2. The smallest absolute Gasteiger partial charge is 0.216 e. The molecular weight excluding hydrogens is 354 g/mol. The second-order valence-electron chi connectivity index (χ2n) is 6.36. The molecular formula is C19H19ClN3OS+. The molecule has 1 saturated heterocycles. The van der Waals surface area contributed by atoms with E-state index in [1.807, 2.05) is 48.0 Å². The minimum absolute atomic E-state index is 0.329. The monoisotopic (exact) mass is 372 g/mol. The summed E-state index contributed by atoms with van der Waals surface area (Å²) in [6.07, 6.45) is 1.93. The van der Waals surface area contributed by atoms with Gasteiger partial charge in [-0.05, 0) is 30.5 Å². The predicted molar refractivity (Wildman–Crippen MR) is 102 cm³/mol. The van der Waals surface area contributed by atoms with Crippen LogP contribution in [0.15, 0.2) is 54.2 Å². The number of hydrogen-bond donors (Lipinski definition) is 3. The van der Waals surface area contributed by atoms with E-state index < -0.39 is 11.8 Å². The number of nitrogens with one attached hydrogen (secondary N) is 2. The number of aliphatic hydroxyl groups is 1. The molecule has 128 valence electrons. The van der Waals surface area contributed by atoms with Crippen LogP contribution in [0.2, 0.25) is 5.02 Å². The molecule has 1 fully saturated rings. The molecule has 1 aliphatic heterocycles. The Labute approximate surface area is 157 Å². The third-order valence-corrected chi connectivity index (χ3v) is 5.15. The molecule has 0 unspecified atom stereocenters. The predicted octanol–water partition coefficient (Wildman–Crippen LogP) is 3.07. The minimum Gasteiger partial charge on any atom is -0.366 e. The molecule has 0 radical (unpaired) electrons. The number of aromatic nitrogens is 1. The summed E-state index contributed by atoms with van der Waals surface area (Å²) in [7, 11) is 0. The molecule has 0 saturated carbocycles. The van der Waals surface area contributed by atoms with Gasteiger partial charge in [0.15, 0.2) is 17.6 Å². The maximum Gasteiger partial charge on any atom is 0.216 e. The number of hydrogen-bond acceptors (Lipinski definition) is 3. The highest BCUT2D eigenvalue weighted by Gasteiger charge is 2.53. The lowest BCUT2D eigenvalue weighted by molar-refractivity contribution is -0.745. The number of thiocarbonyl (C=S) groups is 1. The Morgan fingerprint density at radius 1 is 1.28 bits per heavy atom. The zero-order valence-electron chi connectivity index (χ0n) is 14.0. The van der Waals surface area contributed by atoms with E-state index in [9.17, 15) is 5.11 Å². The molecule has 1 aliphatic rings. The lowest BCUT2D eigenvalue weighted by Crippen LogP contribution is -2.66. The quantitative estimate of drug-likeness (QED) is 0.328. The van der Waals surface area contributed by atoms with Crippen LogP contribution in [0.5, 0.6) is 0 Å². The molecule has 1 aromatic heterocycles. The molecule has 0 spiro atoms. The average Bonchev–Trinajstić information content (AvgIpc) is 2.55. The van der Waals surface area contributed by atoms with E-state index in [1.54, 1.807) is 19.1 Å². The van der Waals surface area contributed by atoms with Crippen molar-refractivity contribution in [3.05, 3.63) is 70.5 Å². The number of aryl methyl sites for hydroxylation is 1. The fraction of sp³-hybridized carbons (Fsp3) is 0.263. The van der Waals surface area contributed by atoms with Crippen LogP contribution < -0.4 is 9.88 Å².